The van der Waals surface area contributed by atoms with E-state index in [1.54, 1.807) is 0 Å². The van der Waals surface area contributed by atoms with Crippen LogP contribution < -0.4 is 5.90 Å². The van der Waals surface area contributed by atoms with Crippen molar-refractivity contribution in [3.05, 3.63) is 22.4 Å². The zero-order valence-electron chi connectivity index (χ0n) is 8.39. The second kappa shape index (κ2) is 4.74. The van der Waals surface area contributed by atoms with Crippen molar-refractivity contribution in [1.29, 1.82) is 0 Å². The molecule has 1 amide bonds. The quantitative estimate of drug-likeness (QED) is 0.772. The molecule has 0 aromatic carbocycles. The summed E-state index contributed by atoms with van der Waals surface area (Å²) in [6.07, 6.45) is 1.76. The van der Waals surface area contributed by atoms with Gasteiger partial charge in [0.05, 0.1) is 11.0 Å². The van der Waals surface area contributed by atoms with Crippen LogP contribution in [0.2, 0.25) is 0 Å². The molecule has 0 unspecified atom stereocenters. The average Bonchev–Trinajstić information content (AvgIpc) is 2.82. The minimum Gasteiger partial charge on any atom is -0.338 e. The summed E-state index contributed by atoms with van der Waals surface area (Å²) in [5.41, 5.74) is 0. The zero-order chi connectivity index (χ0) is 10.7. The molecular formula is C10H14N2O2S. The number of likely N-dealkylation sites (tertiary alicyclic amines) is 1. The third-order valence-corrected chi connectivity index (χ3v) is 3.51. The van der Waals surface area contributed by atoms with E-state index in [0.29, 0.717) is 0 Å². The molecule has 82 valence electrons. The molecule has 0 spiro atoms. The first-order valence-electron chi connectivity index (χ1n) is 4.99. The molecule has 0 aliphatic carbocycles. The van der Waals surface area contributed by atoms with Crippen molar-refractivity contribution in [2.75, 3.05) is 13.1 Å². The second-order valence-electron chi connectivity index (χ2n) is 3.60. The minimum absolute atomic E-state index is 0.109. The summed E-state index contributed by atoms with van der Waals surface area (Å²) in [4.78, 5) is 19.4. The Labute approximate surface area is 92.6 Å². The normalized spacial score (nSPS) is 18.1. The van der Waals surface area contributed by atoms with Gasteiger partial charge in [0.15, 0.2) is 0 Å². The Kier molecular flexibility index (Phi) is 3.35. The molecule has 0 saturated carbocycles. The highest BCUT2D eigenvalue weighted by Gasteiger charge is 2.23. The van der Waals surface area contributed by atoms with Crippen molar-refractivity contribution < 1.29 is 9.63 Å². The maximum absolute atomic E-state index is 11.9. The highest BCUT2D eigenvalue weighted by atomic mass is 32.1. The Morgan fingerprint density at radius 3 is 2.80 bits per heavy atom. The molecule has 0 bridgehead atoms. The van der Waals surface area contributed by atoms with Crippen molar-refractivity contribution in [1.82, 2.24) is 4.90 Å². The summed E-state index contributed by atoms with van der Waals surface area (Å²) in [6.45, 7) is 1.47. The second-order valence-corrected chi connectivity index (χ2v) is 4.55. The Balaban J connectivity index is 1.93. The number of hydrogen-bond donors (Lipinski definition) is 1. The number of amides is 1. The van der Waals surface area contributed by atoms with Crippen LogP contribution in [0.1, 0.15) is 22.5 Å². The van der Waals surface area contributed by atoms with Gasteiger partial charge in [-0.05, 0) is 24.3 Å². The summed E-state index contributed by atoms with van der Waals surface area (Å²) in [5.74, 6) is 5.24. The molecule has 1 aliphatic rings. The topological polar surface area (TPSA) is 55.6 Å². The molecule has 2 rings (SSSR count). The van der Waals surface area contributed by atoms with Crippen molar-refractivity contribution in [2.45, 2.75) is 18.9 Å². The molecule has 4 nitrogen and oxygen atoms in total. The SMILES string of the molecule is NOC1CCN(C(=O)c2cccs2)CC1. The van der Waals surface area contributed by atoms with Crippen LogP contribution in [0.5, 0.6) is 0 Å². The third kappa shape index (κ3) is 2.37. The molecule has 1 aliphatic heterocycles. The van der Waals surface area contributed by atoms with Crippen LogP contribution in [0.3, 0.4) is 0 Å². The lowest BCUT2D eigenvalue weighted by atomic mass is 10.1. The van der Waals surface area contributed by atoms with Crippen molar-refractivity contribution in [3.8, 4) is 0 Å². The number of hydrogen-bond acceptors (Lipinski definition) is 4. The number of nitrogens with two attached hydrogens (primary N) is 1. The predicted octanol–water partition coefficient (Wildman–Crippen LogP) is 1.24. The molecule has 1 aromatic heterocycles. The molecule has 0 atom stereocenters. The van der Waals surface area contributed by atoms with E-state index in [4.69, 9.17) is 10.7 Å². The van der Waals surface area contributed by atoms with Crippen molar-refractivity contribution in [2.24, 2.45) is 5.90 Å². The maximum Gasteiger partial charge on any atom is 0.263 e. The van der Waals surface area contributed by atoms with E-state index in [1.807, 2.05) is 22.4 Å². The van der Waals surface area contributed by atoms with Gasteiger partial charge in [-0.25, -0.2) is 5.90 Å². The zero-order valence-corrected chi connectivity index (χ0v) is 9.20. The highest BCUT2D eigenvalue weighted by Crippen LogP contribution is 2.17. The number of nitrogens with zero attached hydrogens (tertiary/aromatic N) is 1. The lowest BCUT2D eigenvalue weighted by Gasteiger charge is -2.30. The first-order chi connectivity index (χ1) is 7.31. The Bertz CT molecular complexity index is 318. The van der Waals surface area contributed by atoms with Crippen molar-refractivity contribution in [3.63, 3.8) is 0 Å². The number of carbonyl (C=O) groups excluding carboxylic acids is 1. The van der Waals surface area contributed by atoms with Gasteiger partial charge in [0, 0.05) is 13.1 Å². The van der Waals surface area contributed by atoms with Gasteiger partial charge in [-0.1, -0.05) is 6.07 Å². The Hall–Kier alpha value is -0.910. The smallest absolute Gasteiger partial charge is 0.263 e. The van der Waals surface area contributed by atoms with E-state index in [1.165, 1.54) is 11.3 Å². The van der Waals surface area contributed by atoms with Crippen LogP contribution >= 0.6 is 11.3 Å². The number of rotatable bonds is 2. The standard InChI is InChI=1S/C10H14N2O2S/c11-14-8-3-5-12(6-4-8)10(13)9-2-1-7-15-9/h1-2,7-8H,3-6,11H2. The van der Waals surface area contributed by atoms with Crippen LogP contribution in [0.4, 0.5) is 0 Å². The summed E-state index contributed by atoms with van der Waals surface area (Å²) in [7, 11) is 0. The lowest BCUT2D eigenvalue weighted by Crippen LogP contribution is -2.41. The average molecular weight is 226 g/mol. The molecular weight excluding hydrogens is 212 g/mol. The van der Waals surface area contributed by atoms with Gasteiger partial charge in [0.1, 0.15) is 0 Å². The van der Waals surface area contributed by atoms with E-state index in [9.17, 15) is 4.79 Å². The monoisotopic (exact) mass is 226 g/mol. The highest BCUT2D eigenvalue weighted by molar-refractivity contribution is 7.12. The van der Waals surface area contributed by atoms with Gasteiger partial charge in [0.25, 0.3) is 5.91 Å². The molecule has 1 saturated heterocycles. The molecule has 15 heavy (non-hydrogen) atoms. The van der Waals surface area contributed by atoms with Crippen LogP contribution in [-0.4, -0.2) is 30.0 Å². The van der Waals surface area contributed by atoms with Gasteiger partial charge in [-0.3, -0.25) is 4.79 Å². The predicted molar refractivity (Wildman–Crippen MR) is 58.5 cm³/mol. The molecule has 1 fully saturated rings. The molecule has 5 heteroatoms. The van der Waals surface area contributed by atoms with Crippen LogP contribution in [0.15, 0.2) is 17.5 Å². The lowest BCUT2D eigenvalue weighted by molar-refractivity contribution is 0.00794. The van der Waals surface area contributed by atoms with E-state index in [2.05, 4.69) is 0 Å². The first kappa shape index (κ1) is 10.6. The summed E-state index contributed by atoms with van der Waals surface area (Å²) < 4.78 is 0. The fraction of sp³-hybridized carbons (Fsp3) is 0.500. The van der Waals surface area contributed by atoms with Crippen LogP contribution in [-0.2, 0) is 4.84 Å². The molecule has 1 aromatic rings. The van der Waals surface area contributed by atoms with Gasteiger partial charge < -0.3 is 9.74 Å². The van der Waals surface area contributed by atoms with Crippen LogP contribution in [0.25, 0.3) is 0 Å². The minimum atomic E-state index is 0.109. The summed E-state index contributed by atoms with van der Waals surface area (Å²) >= 11 is 1.48. The van der Waals surface area contributed by atoms with Gasteiger partial charge in [-0.2, -0.15) is 0 Å². The number of thiophene rings is 1. The third-order valence-electron chi connectivity index (χ3n) is 2.65. The largest absolute Gasteiger partial charge is 0.338 e. The first-order valence-corrected chi connectivity index (χ1v) is 5.87. The molecule has 2 heterocycles. The van der Waals surface area contributed by atoms with E-state index in [0.717, 1.165) is 30.8 Å². The molecule has 2 N–H and O–H groups in total. The van der Waals surface area contributed by atoms with E-state index >= 15 is 0 Å². The maximum atomic E-state index is 11.9. The fourth-order valence-corrected chi connectivity index (χ4v) is 2.44. The van der Waals surface area contributed by atoms with Gasteiger partial charge in [-0.15, -0.1) is 11.3 Å². The van der Waals surface area contributed by atoms with Gasteiger partial charge >= 0.3 is 0 Å². The number of piperidine rings is 1. The Morgan fingerprint density at radius 1 is 1.53 bits per heavy atom. The number of carbonyl (C=O) groups is 1. The van der Waals surface area contributed by atoms with E-state index in [-0.39, 0.29) is 12.0 Å². The van der Waals surface area contributed by atoms with Crippen LogP contribution in [0, 0.1) is 0 Å². The van der Waals surface area contributed by atoms with Gasteiger partial charge in [0.2, 0.25) is 0 Å². The van der Waals surface area contributed by atoms with Crippen molar-refractivity contribution >= 4 is 17.2 Å². The molecule has 0 radical (unpaired) electrons. The Morgan fingerprint density at radius 2 is 2.27 bits per heavy atom. The fourth-order valence-electron chi connectivity index (χ4n) is 1.75. The summed E-state index contributed by atoms with van der Waals surface area (Å²) in [6, 6.07) is 3.76. The summed E-state index contributed by atoms with van der Waals surface area (Å²) in [5, 5.41) is 1.92. The van der Waals surface area contributed by atoms with E-state index < -0.39 is 0 Å².